The van der Waals surface area contributed by atoms with E-state index in [1.54, 1.807) is 7.11 Å². The largest absolute Gasteiger partial charge is 0.383 e. The zero-order valence-electron chi connectivity index (χ0n) is 16.4. The van der Waals surface area contributed by atoms with Gasteiger partial charge in [0.05, 0.1) is 6.61 Å². The highest BCUT2D eigenvalue weighted by Gasteiger charge is 2.31. The highest BCUT2D eigenvalue weighted by atomic mass is 16.5. The van der Waals surface area contributed by atoms with Crippen molar-refractivity contribution in [3.63, 3.8) is 0 Å². The Morgan fingerprint density at radius 2 is 2.04 bits per heavy atom. The molecule has 1 amide bonds. The number of ether oxygens (including phenoxy) is 1. The molecular weight excluding hydrogens is 328 g/mol. The number of carbonyl (C=O) groups is 1. The molecule has 6 nitrogen and oxygen atoms in total. The molecular formula is C20H34N4O2. The lowest BCUT2D eigenvalue weighted by Gasteiger charge is -2.25. The van der Waals surface area contributed by atoms with Crippen LogP contribution >= 0.6 is 0 Å². The van der Waals surface area contributed by atoms with Gasteiger partial charge >= 0.3 is 0 Å². The van der Waals surface area contributed by atoms with Gasteiger partial charge in [-0.05, 0) is 38.5 Å². The Labute approximate surface area is 157 Å². The van der Waals surface area contributed by atoms with Crippen LogP contribution in [0.5, 0.6) is 0 Å². The van der Waals surface area contributed by atoms with Crippen LogP contribution in [0.15, 0.2) is 0 Å². The maximum absolute atomic E-state index is 13.2. The van der Waals surface area contributed by atoms with Crippen molar-refractivity contribution in [1.82, 2.24) is 20.0 Å². The molecule has 1 N–H and O–H groups in total. The van der Waals surface area contributed by atoms with Gasteiger partial charge in [-0.2, -0.15) is 5.10 Å². The van der Waals surface area contributed by atoms with Crippen LogP contribution in [0.3, 0.4) is 0 Å². The highest BCUT2D eigenvalue weighted by molar-refractivity contribution is 5.94. The normalized spacial score (nSPS) is 20.7. The van der Waals surface area contributed by atoms with Crippen molar-refractivity contribution in [2.45, 2.75) is 70.9 Å². The van der Waals surface area contributed by atoms with E-state index >= 15 is 0 Å². The zero-order chi connectivity index (χ0) is 18.4. The Hall–Kier alpha value is -1.40. The van der Waals surface area contributed by atoms with Crippen LogP contribution < -0.4 is 5.32 Å². The predicted molar refractivity (Wildman–Crippen MR) is 103 cm³/mol. The van der Waals surface area contributed by atoms with Crippen LogP contribution in [0, 0.1) is 0 Å². The number of methoxy groups -OCH3 is 1. The van der Waals surface area contributed by atoms with Gasteiger partial charge in [0.2, 0.25) is 0 Å². The average Bonchev–Trinajstić information content (AvgIpc) is 2.83. The molecule has 1 aliphatic carbocycles. The number of carbonyl (C=O) groups excluding carboxylic acids is 1. The fraction of sp³-hybridized carbons (Fsp3) is 0.800. The summed E-state index contributed by atoms with van der Waals surface area (Å²) in [6, 6.07) is 0.410. The maximum atomic E-state index is 13.2. The van der Waals surface area contributed by atoms with Gasteiger partial charge in [0.1, 0.15) is 0 Å². The van der Waals surface area contributed by atoms with Crippen LogP contribution in [0.2, 0.25) is 0 Å². The average molecular weight is 363 g/mol. The summed E-state index contributed by atoms with van der Waals surface area (Å²) >= 11 is 0. The van der Waals surface area contributed by atoms with Gasteiger partial charge in [-0.15, -0.1) is 0 Å². The molecule has 1 fully saturated rings. The van der Waals surface area contributed by atoms with E-state index in [4.69, 9.17) is 9.84 Å². The summed E-state index contributed by atoms with van der Waals surface area (Å²) in [5.74, 6) is 0.149. The van der Waals surface area contributed by atoms with E-state index in [-0.39, 0.29) is 5.91 Å². The molecule has 0 aromatic carbocycles. The fourth-order valence-corrected chi connectivity index (χ4v) is 4.22. The minimum absolute atomic E-state index is 0.149. The third-order valence-electron chi connectivity index (χ3n) is 5.62. The predicted octanol–water partition coefficient (Wildman–Crippen LogP) is 2.40. The minimum atomic E-state index is 0.149. The molecule has 1 atom stereocenters. The lowest BCUT2D eigenvalue weighted by Crippen LogP contribution is -2.38. The summed E-state index contributed by atoms with van der Waals surface area (Å²) in [5.41, 5.74) is 3.19. The molecule has 26 heavy (non-hydrogen) atoms. The molecule has 0 radical (unpaired) electrons. The molecule has 1 saturated heterocycles. The first-order valence-corrected chi connectivity index (χ1v) is 10.3. The number of amides is 1. The number of aromatic nitrogens is 2. The van der Waals surface area contributed by atoms with Crippen LogP contribution in [0.4, 0.5) is 0 Å². The topological polar surface area (TPSA) is 59.4 Å². The Bertz CT molecular complexity index is 591. The number of aryl methyl sites for hydroxylation is 1. The van der Waals surface area contributed by atoms with E-state index in [0.29, 0.717) is 11.7 Å². The monoisotopic (exact) mass is 362 g/mol. The van der Waals surface area contributed by atoms with Crippen LogP contribution in [-0.2, 0) is 24.1 Å². The van der Waals surface area contributed by atoms with Gasteiger partial charge in [-0.25, -0.2) is 0 Å². The second-order valence-corrected chi connectivity index (χ2v) is 7.59. The standard InChI is InChI=1S/C20H34N4O2/c1-3-11-24-18-9-8-16(21-10-14-26-2)15-17(18)19(22-24)20(25)23-12-6-4-5-7-13-23/h16,21H,3-15H2,1-2H3. The number of likely N-dealkylation sites (tertiary alicyclic amines) is 1. The summed E-state index contributed by atoms with van der Waals surface area (Å²) in [6.45, 7) is 6.40. The Kier molecular flexibility index (Phi) is 7.08. The van der Waals surface area contributed by atoms with Gasteiger partial charge in [0.15, 0.2) is 5.69 Å². The SMILES string of the molecule is CCCn1nc(C(=O)N2CCCCCC2)c2c1CCC(NCCOC)C2. The molecule has 3 rings (SSSR count). The number of nitrogens with one attached hydrogen (secondary N) is 1. The molecule has 1 unspecified atom stereocenters. The van der Waals surface area contributed by atoms with Crippen molar-refractivity contribution >= 4 is 5.91 Å². The van der Waals surface area contributed by atoms with Gasteiger partial charge in [-0.3, -0.25) is 9.48 Å². The summed E-state index contributed by atoms with van der Waals surface area (Å²) in [5, 5.41) is 8.36. The minimum Gasteiger partial charge on any atom is -0.383 e. The van der Waals surface area contributed by atoms with E-state index in [0.717, 1.165) is 71.3 Å². The Balaban J connectivity index is 1.79. The summed E-state index contributed by atoms with van der Waals surface area (Å²) in [4.78, 5) is 15.3. The second-order valence-electron chi connectivity index (χ2n) is 7.59. The first kappa shape index (κ1) is 19.4. The fourth-order valence-electron chi connectivity index (χ4n) is 4.22. The third-order valence-corrected chi connectivity index (χ3v) is 5.62. The van der Waals surface area contributed by atoms with Crippen molar-refractivity contribution in [1.29, 1.82) is 0 Å². The van der Waals surface area contributed by atoms with Crippen molar-refractivity contribution in [2.75, 3.05) is 33.4 Å². The quantitative estimate of drug-likeness (QED) is 0.757. The molecule has 2 heterocycles. The van der Waals surface area contributed by atoms with Crippen LogP contribution in [0.25, 0.3) is 0 Å². The van der Waals surface area contributed by atoms with Gasteiger partial charge in [0.25, 0.3) is 5.91 Å². The first-order valence-electron chi connectivity index (χ1n) is 10.3. The van der Waals surface area contributed by atoms with Crippen LogP contribution in [-0.4, -0.2) is 60.0 Å². The van der Waals surface area contributed by atoms with Gasteiger partial charge in [0, 0.05) is 50.6 Å². The summed E-state index contributed by atoms with van der Waals surface area (Å²) in [7, 11) is 1.73. The van der Waals surface area contributed by atoms with Crippen molar-refractivity contribution in [2.24, 2.45) is 0 Å². The van der Waals surface area contributed by atoms with Gasteiger partial charge < -0.3 is 15.0 Å². The molecule has 2 aliphatic rings. The molecule has 0 bridgehead atoms. The molecule has 1 aromatic rings. The van der Waals surface area contributed by atoms with Crippen molar-refractivity contribution < 1.29 is 9.53 Å². The maximum Gasteiger partial charge on any atom is 0.274 e. The van der Waals surface area contributed by atoms with Crippen molar-refractivity contribution in [3.8, 4) is 0 Å². The second kappa shape index (κ2) is 9.51. The summed E-state index contributed by atoms with van der Waals surface area (Å²) < 4.78 is 7.25. The number of hydrogen-bond donors (Lipinski definition) is 1. The highest BCUT2D eigenvalue weighted by Crippen LogP contribution is 2.27. The Morgan fingerprint density at radius 3 is 2.73 bits per heavy atom. The lowest BCUT2D eigenvalue weighted by atomic mass is 9.91. The molecule has 1 aliphatic heterocycles. The number of rotatable bonds is 7. The number of fused-ring (bicyclic) bond motifs is 1. The van der Waals surface area contributed by atoms with E-state index in [2.05, 4.69) is 16.9 Å². The smallest absolute Gasteiger partial charge is 0.274 e. The third kappa shape index (κ3) is 4.46. The zero-order valence-corrected chi connectivity index (χ0v) is 16.4. The molecule has 0 saturated carbocycles. The van der Waals surface area contributed by atoms with Crippen LogP contribution in [0.1, 0.15) is 67.2 Å². The van der Waals surface area contributed by atoms with E-state index in [1.807, 2.05) is 4.90 Å². The first-order chi connectivity index (χ1) is 12.7. The summed E-state index contributed by atoms with van der Waals surface area (Å²) in [6.07, 6.45) is 8.74. The van der Waals surface area contributed by atoms with Gasteiger partial charge in [-0.1, -0.05) is 19.8 Å². The Morgan fingerprint density at radius 1 is 1.27 bits per heavy atom. The molecule has 0 spiro atoms. The number of nitrogens with zero attached hydrogens (tertiary/aromatic N) is 3. The van der Waals surface area contributed by atoms with E-state index < -0.39 is 0 Å². The lowest BCUT2D eigenvalue weighted by molar-refractivity contribution is 0.0753. The molecule has 146 valence electrons. The van der Waals surface area contributed by atoms with E-state index in [1.165, 1.54) is 24.1 Å². The van der Waals surface area contributed by atoms with E-state index in [9.17, 15) is 4.79 Å². The molecule has 6 heteroatoms. The molecule has 1 aromatic heterocycles. The van der Waals surface area contributed by atoms with Crippen molar-refractivity contribution in [3.05, 3.63) is 17.0 Å². The number of hydrogen-bond acceptors (Lipinski definition) is 4.